The van der Waals surface area contributed by atoms with Crippen LogP contribution in [0, 0.1) is 0 Å². The monoisotopic (exact) mass is 241 g/mol. The molecule has 2 aliphatic heterocycles. The highest BCUT2D eigenvalue weighted by Gasteiger charge is 2.21. The molecule has 0 aliphatic carbocycles. The molecular formula is C12H23N3O2. The van der Waals surface area contributed by atoms with Gasteiger partial charge >= 0.3 is 0 Å². The fourth-order valence-corrected chi connectivity index (χ4v) is 2.39. The van der Waals surface area contributed by atoms with E-state index in [1.165, 1.54) is 0 Å². The number of hydrogen-bond acceptors (Lipinski definition) is 4. The Morgan fingerprint density at radius 1 is 1.18 bits per heavy atom. The molecule has 2 saturated heterocycles. The first kappa shape index (κ1) is 12.8. The van der Waals surface area contributed by atoms with Crippen molar-refractivity contribution in [3.05, 3.63) is 0 Å². The molecule has 0 atom stereocenters. The van der Waals surface area contributed by atoms with Crippen molar-refractivity contribution < 1.29 is 9.53 Å². The van der Waals surface area contributed by atoms with Crippen LogP contribution in [0.1, 0.15) is 19.3 Å². The average Bonchev–Trinajstić information content (AvgIpc) is 2.38. The summed E-state index contributed by atoms with van der Waals surface area (Å²) in [5.74, 6) is 0.281. The zero-order chi connectivity index (χ0) is 12.1. The maximum atomic E-state index is 12.0. The van der Waals surface area contributed by atoms with E-state index in [0.717, 1.165) is 58.8 Å². The molecule has 0 radical (unpaired) electrons. The van der Waals surface area contributed by atoms with Crippen molar-refractivity contribution in [1.82, 2.24) is 9.80 Å². The minimum atomic E-state index is 0.281. The van der Waals surface area contributed by atoms with E-state index in [-0.39, 0.29) is 5.91 Å². The van der Waals surface area contributed by atoms with Gasteiger partial charge in [0.15, 0.2) is 0 Å². The van der Waals surface area contributed by atoms with Gasteiger partial charge in [-0.2, -0.15) is 0 Å². The summed E-state index contributed by atoms with van der Waals surface area (Å²) < 4.78 is 5.28. The van der Waals surface area contributed by atoms with Crippen LogP contribution in [0.25, 0.3) is 0 Å². The third-order valence-electron chi connectivity index (χ3n) is 3.64. The molecule has 0 aromatic rings. The van der Waals surface area contributed by atoms with E-state index >= 15 is 0 Å². The highest BCUT2D eigenvalue weighted by Crippen LogP contribution is 2.10. The van der Waals surface area contributed by atoms with Gasteiger partial charge in [-0.1, -0.05) is 0 Å². The molecule has 2 heterocycles. The van der Waals surface area contributed by atoms with Gasteiger partial charge in [0.2, 0.25) is 5.91 Å². The van der Waals surface area contributed by atoms with Crippen LogP contribution in [0.2, 0.25) is 0 Å². The van der Waals surface area contributed by atoms with E-state index < -0.39 is 0 Å². The van der Waals surface area contributed by atoms with E-state index in [1.807, 2.05) is 4.90 Å². The van der Waals surface area contributed by atoms with Crippen molar-refractivity contribution in [3.8, 4) is 0 Å². The maximum absolute atomic E-state index is 12.0. The molecule has 2 fully saturated rings. The third kappa shape index (κ3) is 3.94. The smallest absolute Gasteiger partial charge is 0.223 e. The Kier molecular flexibility index (Phi) is 4.76. The van der Waals surface area contributed by atoms with Gasteiger partial charge in [0, 0.05) is 45.2 Å². The number of carbonyl (C=O) groups excluding carboxylic acids is 1. The van der Waals surface area contributed by atoms with Crippen molar-refractivity contribution in [1.29, 1.82) is 0 Å². The van der Waals surface area contributed by atoms with Crippen LogP contribution < -0.4 is 5.73 Å². The second-order valence-corrected chi connectivity index (χ2v) is 4.92. The van der Waals surface area contributed by atoms with Crippen molar-refractivity contribution in [2.45, 2.75) is 25.3 Å². The molecule has 1 amide bonds. The van der Waals surface area contributed by atoms with E-state index in [9.17, 15) is 4.79 Å². The minimum Gasteiger partial charge on any atom is -0.379 e. The molecular weight excluding hydrogens is 218 g/mol. The van der Waals surface area contributed by atoms with Crippen LogP contribution in [0.15, 0.2) is 0 Å². The third-order valence-corrected chi connectivity index (χ3v) is 3.64. The first-order valence-corrected chi connectivity index (χ1v) is 6.59. The summed E-state index contributed by atoms with van der Waals surface area (Å²) in [5.41, 5.74) is 5.83. The summed E-state index contributed by atoms with van der Waals surface area (Å²) in [6.07, 6.45) is 2.53. The Hall–Kier alpha value is -0.650. The zero-order valence-electron chi connectivity index (χ0n) is 10.4. The normalized spacial score (nSPS) is 23.9. The quantitative estimate of drug-likeness (QED) is 0.734. The Bertz CT molecular complexity index is 246. The number of morpholine rings is 1. The molecule has 0 aromatic carbocycles. The Balaban J connectivity index is 1.66. The van der Waals surface area contributed by atoms with E-state index in [1.54, 1.807) is 0 Å². The van der Waals surface area contributed by atoms with Gasteiger partial charge in [-0.3, -0.25) is 9.69 Å². The molecule has 0 aromatic heterocycles. The molecule has 0 bridgehead atoms. The number of ether oxygens (including phenoxy) is 1. The lowest BCUT2D eigenvalue weighted by molar-refractivity contribution is -0.132. The van der Waals surface area contributed by atoms with Crippen LogP contribution in [-0.4, -0.2) is 67.7 Å². The number of rotatable bonds is 3. The summed E-state index contributed by atoms with van der Waals surface area (Å²) in [7, 11) is 0. The van der Waals surface area contributed by atoms with Crippen LogP contribution >= 0.6 is 0 Å². The number of likely N-dealkylation sites (tertiary alicyclic amines) is 1. The van der Waals surface area contributed by atoms with Gasteiger partial charge in [-0.15, -0.1) is 0 Å². The van der Waals surface area contributed by atoms with Crippen LogP contribution in [-0.2, 0) is 9.53 Å². The predicted octanol–water partition coefficient (Wildman–Crippen LogP) is -0.342. The molecule has 2 N–H and O–H groups in total. The average molecular weight is 241 g/mol. The second kappa shape index (κ2) is 6.33. The van der Waals surface area contributed by atoms with Crippen LogP contribution in [0.3, 0.4) is 0 Å². The summed E-state index contributed by atoms with van der Waals surface area (Å²) >= 11 is 0. The Morgan fingerprint density at radius 3 is 2.47 bits per heavy atom. The van der Waals surface area contributed by atoms with Crippen molar-refractivity contribution >= 4 is 5.91 Å². The summed E-state index contributed by atoms with van der Waals surface area (Å²) in [6.45, 7) is 6.05. The molecule has 5 nitrogen and oxygen atoms in total. The zero-order valence-corrected chi connectivity index (χ0v) is 10.4. The van der Waals surface area contributed by atoms with Crippen molar-refractivity contribution in [3.63, 3.8) is 0 Å². The molecule has 0 saturated carbocycles. The van der Waals surface area contributed by atoms with Gasteiger partial charge in [-0.25, -0.2) is 0 Å². The van der Waals surface area contributed by atoms with Gasteiger partial charge < -0.3 is 15.4 Å². The second-order valence-electron chi connectivity index (χ2n) is 4.92. The summed E-state index contributed by atoms with van der Waals surface area (Å²) in [4.78, 5) is 16.2. The topological polar surface area (TPSA) is 58.8 Å². The number of nitrogens with two attached hydrogens (primary N) is 1. The molecule has 0 spiro atoms. The molecule has 5 heteroatoms. The summed E-state index contributed by atoms with van der Waals surface area (Å²) in [5, 5.41) is 0. The fourth-order valence-electron chi connectivity index (χ4n) is 2.39. The van der Waals surface area contributed by atoms with Crippen LogP contribution in [0.5, 0.6) is 0 Å². The number of piperidine rings is 1. The van der Waals surface area contributed by atoms with Gasteiger partial charge in [-0.05, 0) is 12.8 Å². The molecule has 2 aliphatic rings. The highest BCUT2D eigenvalue weighted by molar-refractivity contribution is 5.76. The van der Waals surface area contributed by atoms with Gasteiger partial charge in [0.1, 0.15) is 0 Å². The van der Waals surface area contributed by atoms with E-state index in [0.29, 0.717) is 12.5 Å². The summed E-state index contributed by atoms with van der Waals surface area (Å²) in [6, 6.07) is 0.290. The lowest BCUT2D eigenvalue weighted by atomic mass is 10.1. The molecule has 0 unspecified atom stereocenters. The van der Waals surface area contributed by atoms with E-state index in [4.69, 9.17) is 10.5 Å². The number of hydrogen-bond donors (Lipinski definition) is 1. The fraction of sp³-hybridized carbons (Fsp3) is 0.917. The molecule has 17 heavy (non-hydrogen) atoms. The maximum Gasteiger partial charge on any atom is 0.223 e. The van der Waals surface area contributed by atoms with Crippen molar-refractivity contribution in [2.24, 2.45) is 5.73 Å². The predicted molar refractivity (Wildman–Crippen MR) is 65.7 cm³/mol. The van der Waals surface area contributed by atoms with Gasteiger partial charge in [0.25, 0.3) is 0 Å². The van der Waals surface area contributed by atoms with Crippen molar-refractivity contribution in [2.75, 3.05) is 45.9 Å². The Morgan fingerprint density at radius 2 is 1.82 bits per heavy atom. The number of amides is 1. The standard InChI is InChI=1S/C12H23N3O2/c13-11-1-5-15(6-2-11)12(16)3-4-14-7-9-17-10-8-14/h11H,1-10,13H2. The SMILES string of the molecule is NC1CCN(C(=O)CCN2CCOCC2)CC1. The molecule has 98 valence electrons. The van der Waals surface area contributed by atoms with E-state index in [2.05, 4.69) is 4.90 Å². The largest absolute Gasteiger partial charge is 0.379 e. The highest BCUT2D eigenvalue weighted by atomic mass is 16.5. The lowest BCUT2D eigenvalue weighted by Gasteiger charge is -2.31. The Labute approximate surface area is 103 Å². The molecule has 2 rings (SSSR count). The lowest BCUT2D eigenvalue weighted by Crippen LogP contribution is -2.44. The first-order chi connectivity index (χ1) is 8.25. The first-order valence-electron chi connectivity index (χ1n) is 6.59. The van der Waals surface area contributed by atoms with Crippen LogP contribution in [0.4, 0.5) is 0 Å². The number of carbonyl (C=O) groups is 1. The number of nitrogens with zero attached hydrogens (tertiary/aromatic N) is 2. The van der Waals surface area contributed by atoms with Gasteiger partial charge in [0.05, 0.1) is 13.2 Å². The minimum absolute atomic E-state index is 0.281.